The van der Waals surface area contributed by atoms with Gasteiger partial charge in [0.15, 0.2) is 11.6 Å². The fourth-order valence-corrected chi connectivity index (χ4v) is 1.28. The van der Waals surface area contributed by atoms with Crippen LogP contribution in [-0.2, 0) is 4.79 Å². The number of hydrogen-bond acceptors (Lipinski definition) is 4. The van der Waals surface area contributed by atoms with Gasteiger partial charge in [0.1, 0.15) is 5.82 Å². The molecule has 2 aromatic rings. The van der Waals surface area contributed by atoms with Crippen molar-refractivity contribution in [3.05, 3.63) is 42.1 Å². The number of aromatic nitrogens is 2. The van der Waals surface area contributed by atoms with Crippen molar-refractivity contribution in [2.75, 3.05) is 5.32 Å². The van der Waals surface area contributed by atoms with Crippen LogP contribution in [0.4, 0.5) is 14.7 Å². The highest BCUT2D eigenvalue weighted by Crippen LogP contribution is 2.24. The van der Waals surface area contributed by atoms with Crippen LogP contribution in [0.25, 0.3) is 0 Å². The molecule has 0 aliphatic heterocycles. The lowest BCUT2D eigenvalue weighted by atomic mass is 10.3. The molecule has 19 heavy (non-hydrogen) atoms. The SMILES string of the molecule is CC(=O)Nc1nccc(Oc2cc(F)ccc2F)n1. The highest BCUT2D eigenvalue weighted by molar-refractivity contribution is 5.86. The summed E-state index contributed by atoms with van der Waals surface area (Å²) >= 11 is 0. The van der Waals surface area contributed by atoms with Crippen molar-refractivity contribution in [3.8, 4) is 11.6 Å². The minimum atomic E-state index is -0.721. The van der Waals surface area contributed by atoms with Gasteiger partial charge in [0.2, 0.25) is 17.7 Å². The van der Waals surface area contributed by atoms with E-state index < -0.39 is 11.6 Å². The molecule has 0 saturated heterocycles. The molecular formula is C12H9F2N3O2. The maximum absolute atomic E-state index is 13.4. The average Bonchev–Trinajstić information content (AvgIpc) is 2.33. The number of anilines is 1. The average molecular weight is 265 g/mol. The first kappa shape index (κ1) is 12.9. The van der Waals surface area contributed by atoms with Gasteiger partial charge in [-0.25, -0.2) is 13.8 Å². The van der Waals surface area contributed by atoms with Crippen molar-refractivity contribution in [1.29, 1.82) is 0 Å². The van der Waals surface area contributed by atoms with Crippen LogP contribution < -0.4 is 10.1 Å². The van der Waals surface area contributed by atoms with Gasteiger partial charge in [-0.2, -0.15) is 4.98 Å². The number of hydrogen-bond donors (Lipinski definition) is 1. The number of carbonyl (C=O) groups excluding carboxylic acids is 1. The lowest BCUT2D eigenvalue weighted by molar-refractivity contribution is -0.114. The Morgan fingerprint density at radius 3 is 2.84 bits per heavy atom. The summed E-state index contributed by atoms with van der Waals surface area (Å²) in [5, 5.41) is 2.35. The lowest BCUT2D eigenvalue weighted by Crippen LogP contribution is -2.09. The molecule has 0 radical (unpaired) electrons. The molecular weight excluding hydrogens is 256 g/mol. The van der Waals surface area contributed by atoms with E-state index in [0.29, 0.717) is 0 Å². The van der Waals surface area contributed by atoms with E-state index in [4.69, 9.17) is 4.74 Å². The predicted octanol–water partition coefficient (Wildman–Crippen LogP) is 2.51. The molecule has 2 rings (SSSR count). The summed E-state index contributed by atoms with van der Waals surface area (Å²) in [6.45, 7) is 1.29. The lowest BCUT2D eigenvalue weighted by Gasteiger charge is -2.07. The number of rotatable bonds is 3. The van der Waals surface area contributed by atoms with Crippen LogP contribution in [-0.4, -0.2) is 15.9 Å². The Bertz CT molecular complexity index is 620. The molecule has 1 amide bonds. The van der Waals surface area contributed by atoms with E-state index in [0.717, 1.165) is 18.2 Å². The fraction of sp³-hybridized carbons (Fsp3) is 0.0833. The maximum atomic E-state index is 13.4. The normalized spacial score (nSPS) is 10.1. The molecule has 1 heterocycles. The van der Waals surface area contributed by atoms with Crippen molar-refractivity contribution in [2.24, 2.45) is 0 Å². The van der Waals surface area contributed by atoms with Crippen molar-refractivity contribution < 1.29 is 18.3 Å². The van der Waals surface area contributed by atoms with Gasteiger partial charge in [0.05, 0.1) is 0 Å². The summed E-state index contributed by atoms with van der Waals surface area (Å²) in [6.07, 6.45) is 1.32. The summed E-state index contributed by atoms with van der Waals surface area (Å²) in [6, 6.07) is 4.18. The molecule has 7 heteroatoms. The third kappa shape index (κ3) is 3.44. The number of halogens is 2. The van der Waals surface area contributed by atoms with Gasteiger partial charge in [-0.3, -0.25) is 10.1 Å². The second kappa shape index (κ2) is 5.38. The van der Waals surface area contributed by atoms with E-state index in [1.54, 1.807) is 0 Å². The van der Waals surface area contributed by atoms with E-state index in [1.807, 2.05) is 0 Å². The number of nitrogens with one attached hydrogen (secondary N) is 1. The number of nitrogens with zero attached hydrogens (tertiary/aromatic N) is 2. The molecule has 0 fully saturated rings. The van der Waals surface area contributed by atoms with E-state index in [9.17, 15) is 13.6 Å². The van der Waals surface area contributed by atoms with E-state index in [2.05, 4.69) is 15.3 Å². The van der Waals surface area contributed by atoms with Crippen LogP contribution in [0.5, 0.6) is 11.6 Å². The Hall–Kier alpha value is -2.57. The Balaban J connectivity index is 2.23. The largest absolute Gasteiger partial charge is 0.436 e. The Kier molecular flexibility index (Phi) is 3.65. The Labute approximate surface area is 107 Å². The van der Waals surface area contributed by atoms with Crippen LogP contribution in [0.15, 0.2) is 30.5 Å². The highest BCUT2D eigenvalue weighted by atomic mass is 19.1. The van der Waals surface area contributed by atoms with Gasteiger partial charge in [0.25, 0.3) is 0 Å². The van der Waals surface area contributed by atoms with E-state index in [1.165, 1.54) is 19.2 Å². The van der Waals surface area contributed by atoms with Gasteiger partial charge < -0.3 is 4.74 Å². The first-order valence-corrected chi connectivity index (χ1v) is 5.28. The minimum Gasteiger partial charge on any atom is -0.436 e. The van der Waals surface area contributed by atoms with Crippen LogP contribution in [0.3, 0.4) is 0 Å². The van der Waals surface area contributed by atoms with Gasteiger partial charge >= 0.3 is 0 Å². The fourth-order valence-electron chi connectivity index (χ4n) is 1.28. The van der Waals surface area contributed by atoms with Crippen molar-refractivity contribution in [3.63, 3.8) is 0 Å². The molecule has 0 aliphatic rings. The molecule has 1 N–H and O–H groups in total. The van der Waals surface area contributed by atoms with Crippen LogP contribution in [0, 0.1) is 11.6 Å². The number of carbonyl (C=O) groups is 1. The quantitative estimate of drug-likeness (QED) is 0.926. The Morgan fingerprint density at radius 2 is 2.11 bits per heavy atom. The molecule has 0 unspecified atom stereocenters. The van der Waals surface area contributed by atoms with Gasteiger partial charge in [-0.1, -0.05) is 0 Å². The maximum Gasteiger partial charge on any atom is 0.232 e. The third-order valence-electron chi connectivity index (χ3n) is 2.03. The van der Waals surface area contributed by atoms with Crippen molar-refractivity contribution in [1.82, 2.24) is 9.97 Å². The zero-order valence-electron chi connectivity index (χ0n) is 9.85. The topological polar surface area (TPSA) is 64.1 Å². The summed E-state index contributed by atoms with van der Waals surface area (Å²) in [7, 11) is 0. The molecule has 1 aromatic heterocycles. The minimum absolute atomic E-state index is 0.0109. The molecule has 5 nitrogen and oxygen atoms in total. The standard InChI is InChI=1S/C12H9F2N3O2/c1-7(18)16-12-15-5-4-11(17-12)19-10-6-8(13)2-3-9(10)14/h2-6H,1H3,(H,15,16,17,18). The monoisotopic (exact) mass is 265 g/mol. The van der Waals surface area contributed by atoms with Gasteiger partial charge in [0, 0.05) is 25.3 Å². The zero-order chi connectivity index (χ0) is 13.8. The number of benzene rings is 1. The second-order valence-electron chi connectivity index (χ2n) is 3.58. The van der Waals surface area contributed by atoms with Crippen LogP contribution in [0.1, 0.15) is 6.92 Å². The third-order valence-corrected chi connectivity index (χ3v) is 2.03. The smallest absolute Gasteiger partial charge is 0.232 e. The van der Waals surface area contributed by atoms with Gasteiger partial charge in [-0.05, 0) is 12.1 Å². The van der Waals surface area contributed by atoms with Gasteiger partial charge in [-0.15, -0.1) is 0 Å². The molecule has 0 atom stereocenters. The van der Waals surface area contributed by atoms with Crippen LogP contribution >= 0.6 is 0 Å². The summed E-state index contributed by atoms with van der Waals surface area (Å²) in [4.78, 5) is 18.4. The second-order valence-corrected chi connectivity index (χ2v) is 3.58. The van der Waals surface area contributed by atoms with E-state index >= 15 is 0 Å². The Morgan fingerprint density at radius 1 is 1.32 bits per heavy atom. The number of amides is 1. The molecule has 0 aliphatic carbocycles. The summed E-state index contributed by atoms with van der Waals surface area (Å²) in [5.41, 5.74) is 0. The zero-order valence-corrected chi connectivity index (χ0v) is 9.85. The first-order valence-electron chi connectivity index (χ1n) is 5.28. The molecule has 0 saturated carbocycles. The highest BCUT2D eigenvalue weighted by Gasteiger charge is 2.08. The van der Waals surface area contributed by atoms with Crippen LogP contribution in [0.2, 0.25) is 0 Å². The summed E-state index contributed by atoms with van der Waals surface area (Å²) in [5.74, 6) is -2.00. The molecule has 0 spiro atoms. The molecule has 0 bridgehead atoms. The first-order chi connectivity index (χ1) is 9.04. The molecule has 1 aromatic carbocycles. The van der Waals surface area contributed by atoms with Crippen molar-refractivity contribution in [2.45, 2.75) is 6.92 Å². The molecule has 98 valence electrons. The number of ether oxygens (including phenoxy) is 1. The summed E-state index contributed by atoms with van der Waals surface area (Å²) < 4.78 is 31.4. The van der Waals surface area contributed by atoms with Crippen molar-refractivity contribution >= 4 is 11.9 Å². The van der Waals surface area contributed by atoms with E-state index in [-0.39, 0.29) is 23.5 Å². The predicted molar refractivity (Wildman–Crippen MR) is 62.8 cm³/mol.